The predicted octanol–water partition coefficient (Wildman–Crippen LogP) is 2.52. The minimum Gasteiger partial charge on any atom is -0.466 e. The number of benzene rings is 1. The van der Waals surface area contributed by atoms with Crippen LogP contribution in [0.15, 0.2) is 6.07 Å². The molecule has 1 aromatic carbocycles. The zero-order chi connectivity index (χ0) is 12.3. The average Bonchev–Trinajstić information content (AvgIpc) is 2.23. The fourth-order valence-electron chi connectivity index (χ4n) is 1.29. The smallest absolute Gasteiger partial charge is 0.310 e. The third-order valence-corrected chi connectivity index (χ3v) is 2.04. The zero-order valence-electron chi connectivity index (χ0n) is 8.94. The fraction of sp³-hybridized carbons (Fsp3) is 0.364. The summed E-state index contributed by atoms with van der Waals surface area (Å²) in [6.07, 6.45) is -0.405. The SMILES string of the molecule is CCOC(=O)Cc1cc(C)c(F)c(F)c1F. The molecule has 1 rings (SSSR count). The number of aryl methyl sites for hydroxylation is 1. The molecule has 0 saturated carbocycles. The lowest BCUT2D eigenvalue weighted by Crippen LogP contribution is -2.11. The summed E-state index contributed by atoms with van der Waals surface area (Å²) in [5, 5.41) is 0. The second-order valence-corrected chi connectivity index (χ2v) is 3.28. The molecule has 0 bridgehead atoms. The van der Waals surface area contributed by atoms with Crippen molar-refractivity contribution < 1.29 is 22.7 Å². The van der Waals surface area contributed by atoms with Crippen LogP contribution in [0.1, 0.15) is 18.1 Å². The Hall–Kier alpha value is -1.52. The van der Waals surface area contributed by atoms with Gasteiger partial charge in [0.15, 0.2) is 17.5 Å². The van der Waals surface area contributed by atoms with Gasteiger partial charge in [-0.2, -0.15) is 0 Å². The molecule has 0 amide bonds. The minimum absolute atomic E-state index is 0.0433. The zero-order valence-corrected chi connectivity index (χ0v) is 8.94. The third-order valence-electron chi connectivity index (χ3n) is 2.04. The molecule has 88 valence electrons. The maximum absolute atomic E-state index is 13.2. The lowest BCUT2D eigenvalue weighted by molar-refractivity contribution is -0.142. The van der Waals surface area contributed by atoms with Gasteiger partial charge in [0, 0.05) is 5.56 Å². The molecule has 0 aliphatic carbocycles. The number of hydrogen-bond donors (Lipinski definition) is 0. The molecular formula is C11H11F3O2. The first kappa shape index (κ1) is 12.5. The number of ether oxygens (including phenoxy) is 1. The van der Waals surface area contributed by atoms with Crippen LogP contribution < -0.4 is 0 Å². The Bertz CT molecular complexity index is 416. The van der Waals surface area contributed by atoms with Crippen molar-refractivity contribution in [3.05, 3.63) is 34.6 Å². The normalized spacial score (nSPS) is 10.3. The number of esters is 1. The van der Waals surface area contributed by atoms with Crippen molar-refractivity contribution in [3.63, 3.8) is 0 Å². The van der Waals surface area contributed by atoms with Crippen molar-refractivity contribution in [1.82, 2.24) is 0 Å². The molecule has 5 heteroatoms. The van der Waals surface area contributed by atoms with E-state index in [1.165, 1.54) is 6.92 Å². The van der Waals surface area contributed by atoms with Gasteiger partial charge in [-0.15, -0.1) is 0 Å². The molecular weight excluding hydrogens is 221 g/mol. The highest BCUT2D eigenvalue weighted by atomic mass is 19.2. The van der Waals surface area contributed by atoms with Gasteiger partial charge in [0.25, 0.3) is 0 Å². The fourth-order valence-corrected chi connectivity index (χ4v) is 1.29. The molecule has 0 atom stereocenters. The molecule has 0 N–H and O–H groups in total. The van der Waals surface area contributed by atoms with Crippen molar-refractivity contribution in [2.45, 2.75) is 20.3 Å². The molecule has 0 aromatic heterocycles. The highest BCUT2D eigenvalue weighted by Crippen LogP contribution is 2.19. The molecule has 2 nitrogen and oxygen atoms in total. The average molecular weight is 232 g/mol. The Kier molecular flexibility index (Phi) is 3.93. The van der Waals surface area contributed by atoms with Crippen LogP contribution in [0.4, 0.5) is 13.2 Å². The Labute approximate surface area is 91.0 Å². The van der Waals surface area contributed by atoms with Crippen molar-refractivity contribution in [2.75, 3.05) is 6.61 Å². The molecule has 0 heterocycles. The first-order chi connectivity index (χ1) is 7.47. The Morgan fingerprint density at radius 2 is 1.88 bits per heavy atom. The summed E-state index contributed by atoms with van der Waals surface area (Å²) in [5.41, 5.74) is -0.243. The number of carbonyl (C=O) groups is 1. The van der Waals surface area contributed by atoms with E-state index in [-0.39, 0.29) is 17.7 Å². The summed E-state index contributed by atoms with van der Waals surface area (Å²) < 4.78 is 43.7. The maximum atomic E-state index is 13.2. The van der Waals surface area contributed by atoms with Gasteiger partial charge in [0.05, 0.1) is 13.0 Å². The van der Waals surface area contributed by atoms with Crippen LogP contribution in [0, 0.1) is 24.4 Å². The monoisotopic (exact) mass is 232 g/mol. The number of carbonyl (C=O) groups excluding carboxylic acids is 1. The molecule has 0 spiro atoms. The lowest BCUT2D eigenvalue weighted by atomic mass is 10.1. The van der Waals surface area contributed by atoms with Crippen molar-refractivity contribution in [2.24, 2.45) is 0 Å². The summed E-state index contributed by atoms with van der Waals surface area (Å²) in [6, 6.07) is 1.10. The summed E-state index contributed by atoms with van der Waals surface area (Å²) >= 11 is 0. The van der Waals surface area contributed by atoms with Crippen LogP contribution in [0.2, 0.25) is 0 Å². The van der Waals surface area contributed by atoms with Crippen LogP contribution >= 0.6 is 0 Å². The predicted molar refractivity (Wildman–Crippen MR) is 51.4 cm³/mol. The molecule has 0 aliphatic heterocycles. The second-order valence-electron chi connectivity index (χ2n) is 3.28. The number of hydrogen-bond acceptors (Lipinski definition) is 2. The summed E-state index contributed by atoms with van der Waals surface area (Å²) in [7, 11) is 0. The van der Waals surface area contributed by atoms with Crippen LogP contribution in [0.25, 0.3) is 0 Å². The van der Waals surface area contributed by atoms with Gasteiger partial charge in [-0.3, -0.25) is 4.79 Å². The topological polar surface area (TPSA) is 26.3 Å². The molecule has 1 aromatic rings. The van der Waals surface area contributed by atoms with Gasteiger partial charge in [0.2, 0.25) is 0 Å². The quantitative estimate of drug-likeness (QED) is 0.591. The summed E-state index contributed by atoms with van der Waals surface area (Å²) in [4.78, 5) is 11.1. The van der Waals surface area contributed by atoms with E-state index < -0.39 is 29.8 Å². The van der Waals surface area contributed by atoms with E-state index in [0.29, 0.717) is 0 Å². The Balaban J connectivity index is 3.02. The van der Waals surface area contributed by atoms with E-state index in [1.54, 1.807) is 6.92 Å². The Morgan fingerprint density at radius 1 is 1.25 bits per heavy atom. The van der Waals surface area contributed by atoms with Gasteiger partial charge in [-0.05, 0) is 25.5 Å². The molecule has 16 heavy (non-hydrogen) atoms. The van der Waals surface area contributed by atoms with E-state index in [0.717, 1.165) is 6.07 Å². The van der Waals surface area contributed by atoms with Crippen LogP contribution in [0.5, 0.6) is 0 Å². The van der Waals surface area contributed by atoms with E-state index >= 15 is 0 Å². The van der Waals surface area contributed by atoms with Crippen LogP contribution in [-0.2, 0) is 16.0 Å². The molecule has 0 fully saturated rings. The van der Waals surface area contributed by atoms with E-state index in [9.17, 15) is 18.0 Å². The van der Waals surface area contributed by atoms with E-state index in [1.807, 2.05) is 0 Å². The van der Waals surface area contributed by atoms with Crippen LogP contribution in [0.3, 0.4) is 0 Å². The van der Waals surface area contributed by atoms with Gasteiger partial charge < -0.3 is 4.74 Å². The van der Waals surface area contributed by atoms with Gasteiger partial charge in [-0.1, -0.05) is 0 Å². The van der Waals surface area contributed by atoms with E-state index in [4.69, 9.17) is 0 Å². The minimum atomic E-state index is -1.56. The van der Waals surface area contributed by atoms with Crippen molar-refractivity contribution >= 4 is 5.97 Å². The first-order valence-electron chi connectivity index (χ1n) is 4.76. The van der Waals surface area contributed by atoms with Gasteiger partial charge in [0.1, 0.15) is 0 Å². The van der Waals surface area contributed by atoms with Crippen molar-refractivity contribution in [3.8, 4) is 0 Å². The third kappa shape index (κ3) is 2.53. The first-order valence-corrected chi connectivity index (χ1v) is 4.76. The number of rotatable bonds is 3. The molecule has 0 radical (unpaired) electrons. The highest BCUT2D eigenvalue weighted by Gasteiger charge is 2.18. The molecule has 0 unspecified atom stereocenters. The van der Waals surface area contributed by atoms with E-state index in [2.05, 4.69) is 4.74 Å². The second kappa shape index (κ2) is 5.01. The standard InChI is InChI=1S/C11H11F3O2/c1-3-16-8(15)5-7-4-6(2)9(12)11(14)10(7)13/h4H,3,5H2,1-2H3. The largest absolute Gasteiger partial charge is 0.466 e. The summed E-state index contributed by atoms with van der Waals surface area (Å²) in [5.74, 6) is -4.80. The number of halogens is 3. The van der Waals surface area contributed by atoms with Crippen molar-refractivity contribution in [1.29, 1.82) is 0 Å². The van der Waals surface area contributed by atoms with Crippen LogP contribution in [-0.4, -0.2) is 12.6 Å². The lowest BCUT2D eigenvalue weighted by Gasteiger charge is -2.06. The Morgan fingerprint density at radius 3 is 2.44 bits per heavy atom. The van der Waals surface area contributed by atoms with Gasteiger partial charge in [-0.25, -0.2) is 13.2 Å². The maximum Gasteiger partial charge on any atom is 0.310 e. The molecule has 0 saturated heterocycles. The molecule has 0 aliphatic rings. The summed E-state index contributed by atoms with van der Waals surface area (Å²) in [6.45, 7) is 3.06. The highest BCUT2D eigenvalue weighted by molar-refractivity contribution is 5.72. The van der Waals surface area contributed by atoms with Gasteiger partial charge >= 0.3 is 5.97 Å².